The number of halogens is 1. The summed E-state index contributed by atoms with van der Waals surface area (Å²) in [5.74, 6) is 1.47. The molecule has 1 atom stereocenters. The third-order valence-corrected chi connectivity index (χ3v) is 5.40. The fourth-order valence-corrected chi connectivity index (χ4v) is 3.39. The van der Waals surface area contributed by atoms with Crippen molar-refractivity contribution in [3.8, 4) is 11.5 Å². The summed E-state index contributed by atoms with van der Waals surface area (Å²) in [7, 11) is 1.64. The minimum absolute atomic E-state index is 0.0312. The maximum absolute atomic E-state index is 12.7. The van der Waals surface area contributed by atoms with Gasteiger partial charge < -0.3 is 14.8 Å². The standard InChI is InChI=1S/C21H24BrNO3/c1-21(2,16-4-6-17(22)7-5-16)13-23-20(24)15-10-14-11-18(25-3)8-9-19(14)26-12-15/h4-9,11,15H,10,12-13H2,1-3H3,(H,23,24). The normalized spacial score (nSPS) is 16.4. The van der Waals surface area contributed by atoms with Gasteiger partial charge in [0.05, 0.1) is 13.0 Å². The number of rotatable bonds is 5. The molecule has 5 heteroatoms. The van der Waals surface area contributed by atoms with Gasteiger partial charge in [-0.2, -0.15) is 0 Å². The zero-order chi connectivity index (χ0) is 18.7. The smallest absolute Gasteiger partial charge is 0.226 e. The van der Waals surface area contributed by atoms with E-state index in [0.29, 0.717) is 19.6 Å². The van der Waals surface area contributed by atoms with E-state index in [2.05, 4.69) is 47.2 Å². The molecular weight excluding hydrogens is 394 g/mol. The van der Waals surface area contributed by atoms with Crippen LogP contribution >= 0.6 is 15.9 Å². The van der Waals surface area contributed by atoms with Gasteiger partial charge in [-0.05, 0) is 47.9 Å². The summed E-state index contributed by atoms with van der Waals surface area (Å²) >= 11 is 3.46. The topological polar surface area (TPSA) is 47.6 Å². The largest absolute Gasteiger partial charge is 0.497 e. The summed E-state index contributed by atoms with van der Waals surface area (Å²) in [6.07, 6.45) is 0.664. The summed E-state index contributed by atoms with van der Waals surface area (Å²) in [6.45, 7) is 5.25. The maximum atomic E-state index is 12.7. The van der Waals surface area contributed by atoms with Crippen LogP contribution in [-0.2, 0) is 16.6 Å². The Morgan fingerprint density at radius 3 is 2.69 bits per heavy atom. The predicted molar refractivity (Wildman–Crippen MR) is 106 cm³/mol. The lowest BCUT2D eigenvalue weighted by Gasteiger charge is -2.29. The number of hydrogen-bond acceptors (Lipinski definition) is 3. The average molecular weight is 418 g/mol. The first-order chi connectivity index (χ1) is 12.4. The highest BCUT2D eigenvalue weighted by Gasteiger charge is 2.28. The number of carbonyl (C=O) groups is 1. The Kier molecular flexibility index (Phi) is 5.56. The molecular formula is C21H24BrNO3. The van der Waals surface area contributed by atoms with Gasteiger partial charge in [-0.25, -0.2) is 0 Å². The van der Waals surface area contributed by atoms with Crippen LogP contribution in [0, 0.1) is 5.92 Å². The van der Waals surface area contributed by atoms with Crippen LogP contribution in [0.25, 0.3) is 0 Å². The van der Waals surface area contributed by atoms with Crippen molar-refractivity contribution in [2.45, 2.75) is 25.7 Å². The molecule has 0 aromatic heterocycles. The number of fused-ring (bicyclic) bond motifs is 1. The average Bonchev–Trinajstić information content (AvgIpc) is 2.65. The zero-order valence-corrected chi connectivity index (χ0v) is 16.9. The highest BCUT2D eigenvalue weighted by atomic mass is 79.9. The van der Waals surface area contributed by atoms with Crippen LogP contribution in [0.4, 0.5) is 0 Å². The Labute approximate surface area is 163 Å². The summed E-state index contributed by atoms with van der Waals surface area (Å²) in [5.41, 5.74) is 2.06. The van der Waals surface area contributed by atoms with Gasteiger partial charge >= 0.3 is 0 Å². The molecule has 1 aliphatic rings. The van der Waals surface area contributed by atoms with E-state index in [-0.39, 0.29) is 17.2 Å². The highest BCUT2D eigenvalue weighted by Crippen LogP contribution is 2.31. The van der Waals surface area contributed by atoms with Crippen LogP contribution in [0.3, 0.4) is 0 Å². The molecule has 1 amide bonds. The lowest BCUT2D eigenvalue weighted by Crippen LogP contribution is -2.42. The Hall–Kier alpha value is -2.01. The Balaban J connectivity index is 1.62. The van der Waals surface area contributed by atoms with E-state index in [4.69, 9.17) is 9.47 Å². The van der Waals surface area contributed by atoms with Crippen LogP contribution in [-0.4, -0.2) is 26.2 Å². The van der Waals surface area contributed by atoms with E-state index in [9.17, 15) is 4.79 Å². The van der Waals surface area contributed by atoms with Gasteiger partial charge in [0.2, 0.25) is 5.91 Å². The van der Waals surface area contributed by atoms with Gasteiger partial charge in [0.15, 0.2) is 0 Å². The fraction of sp³-hybridized carbons (Fsp3) is 0.381. The van der Waals surface area contributed by atoms with Crippen molar-refractivity contribution < 1.29 is 14.3 Å². The molecule has 3 rings (SSSR count). The van der Waals surface area contributed by atoms with Crippen molar-refractivity contribution in [2.75, 3.05) is 20.3 Å². The maximum Gasteiger partial charge on any atom is 0.226 e. The van der Waals surface area contributed by atoms with E-state index in [1.807, 2.05) is 30.3 Å². The van der Waals surface area contributed by atoms with E-state index in [0.717, 1.165) is 21.5 Å². The predicted octanol–water partition coefficient (Wildman–Crippen LogP) is 4.10. The second-order valence-corrected chi connectivity index (χ2v) is 8.21. The third-order valence-electron chi connectivity index (χ3n) is 4.88. The number of methoxy groups -OCH3 is 1. The van der Waals surface area contributed by atoms with Gasteiger partial charge in [-0.3, -0.25) is 4.79 Å². The van der Waals surface area contributed by atoms with Crippen LogP contribution < -0.4 is 14.8 Å². The lowest BCUT2D eigenvalue weighted by atomic mass is 9.84. The van der Waals surface area contributed by atoms with Gasteiger partial charge in [-0.15, -0.1) is 0 Å². The molecule has 26 heavy (non-hydrogen) atoms. The van der Waals surface area contributed by atoms with E-state index in [1.165, 1.54) is 5.56 Å². The van der Waals surface area contributed by atoms with Crippen LogP contribution in [0.5, 0.6) is 11.5 Å². The molecule has 0 radical (unpaired) electrons. The molecule has 2 aromatic carbocycles. The second kappa shape index (κ2) is 7.70. The van der Waals surface area contributed by atoms with Gasteiger partial charge in [0, 0.05) is 16.4 Å². The zero-order valence-electron chi connectivity index (χ0n) is 15.3. The molecule has 0 spiro atoms. The number of nitrogens with one attached hydrogen (secondary N) is 1. The number of hydrogen-bond donors (Lipinski definition) is 1. The van der Waals surface area contributed by atoms with Gasteiger partial charge in [0.1, 0.15) is 18.1 Å². The van der Waals surface area contributed by atoms with Crippen LogP contribution in [0.15, 0.2) is 46.9 Å². The first-order valence-electron chi connectivity index (χ1n) is 8.72. The molecule has 0 saturated carbocycles. The lowest BCUT2D eigenvalue weighted by molar-refractivity contribution is -0.126. The van der Waals surface area contributed by atoms with Crippen LogP contribution in [0.1, 0.15) is 25.0 Å². The van der Waals surface area contributed by atoms with E-state index < -0.39 is 0 Å². The highest BCUT2D eigenvalue weighted by molar-refractivity contribution is 9.10. The van der Waals surface area contributed by atoms with Gasteiger partial charge in [0.25, 0.3) is 0 Å². The van der Waals surface area contributed by atoms with E-state index >= 15 is 0 Å². The van der Waals surface area contributed by atoms with Crippen molar-refractivity contribution in [2.24, 2.45) is 5.92 Å². The first-order valence-corrected chi connectivity index (χ1v) is 9.52. The minimum Gasteiger partial charge on any atom is -0.497 e. The summed E-state index contributed by atoms with van der Waals surface area (Å²) in [6, 6.07) is 13.9. The molecule has 1 unspecified atom stereocenters. The van der Waals surface area contributed by atoms with E-state index in [1.54, 1.807) is 7.11 Å². The monoisotopic (exact) mass is 417 g/mol. The molecule has 1 N–H and O–H groups in total. The first kappa shape index (κ1) is 18.8. The van der Waals surface area contributed by atoms with Crippen molar-refractivity contribution in [1.29, 1.82) is 0 Å². The summed E-state index contributed by atoms with van der Waals surface area (Å²) in [4.78, 5) is 12.7. The molecule has 0 aliphatic carbocycles. The fourth-order valence-electron chi connectivity index (χ4n) is 3.12. The molecule has 4 nitrogen and oxygen atoms in total. The Morgan fingerprint density at radius 2 is 2.00 bits per heavy atom. The van der Waals surface area contributed by atoms with Crippen molar-refractivity contribution in [1.82, 2.24) is 5.32 Å². The Bertz CT molecular complexity index is 786. The van der Waals surface area contributed by atoms with Crippen molar-refractivity contribution >= 4 is 21.8 Å². The molecule has 0 fully saturated rings. The number of ether oxygens (including phenoxy) is 2. The molecule has 138 valence electrons. The molecule has 2 aromatic rings. The second-order valence-electron chi connectivity index (χ2n) is 7.29. The molecule has 1 aliphatic heterocycles. The molecule has 1 heterocycles. The van der Waals surface area contributed by atoms with Gasteiger partial charge in [-0.1, -0.05) is 41.9 Å². The van der Waals surface area contributed by atoms with Crippen LogP contribution in [0.2, 0.25) is 0 Å². The Morgan fingerprint density at radius 1 is 1.27 bits per heavy atom. The molecule has 0 saturated heterocycles. The molecule has 0 bridgehead atoms. The third kappa shape index (κ3) is 4.21. The SMILES string of the molecule is COc1ccc2c(c1)CC(C(=O)NCC(C)(C)c1ccc(Br)cc1)CO2. The number of carbonyl (C=O) groups excluding carboxylic acids is 1. The minimum atomic E-state index is -0.185. The number of benzene rings is 2. The van der Waals surface area contributed by atoms with Crippen molar-refractivity contribution in [3.63, 3.8) is 0 Å². The number of amides is 1. The quantitative estimate of drug-likeness (QED) is 0.796. The summed E-state index contributed by atoms with van der Waals surface area (Å²) < 4.78 is 12.1. The van der Waals surface area contributed by atoms with Crippen molar-refractivity contribution in [3.05, 3.63) is 58.1 Å². The summed E-state index contributed by atoms with van der Waals surface area (Å²) in [5, 5.41) is 3.10.